The van der Waals surface area contributed by atoms with Crippen molar-refractivity contribution in [2.24, 2.45) is 0 Å². The maximum Gasteiger partial charge on any atom is 0.314 e. The van der Waals surface area contributed by atoms with Gasteiger partial charge in [-0.25, -0.2) is 0 Å². The van der Waals surface area contributed by atoms with Gasteiger partial charge in [-0.05, 0) is 61.8 Å². The standard InChI is InChI=1S/C19H23NO2/c21-18(22)19(10-4-1-5-11-19)13-8-9-17-15(12-13)14-6-2-3-7-16(14)20-17/h8-9,12,20H,1-7,10-11H2,(H,21,22). The molecule has 2 aliphatic carbocycles. The summed E-state index contributed by atoms with van der Waals surface area (Å²) >= 11 is 0. The van der Waals surface area contributed by atoms with Gasteiger partial charge in [-0.3, -0.25) is 4.79 Å². The first kappa shape index (κ1) is 13.9. The lowest BCUT2D eigenvalue weighted by atomic mass is 9.69. The van der Waals surface area contributed by atoms with Crippen LogP contribution >= 0.6 is 0 Å². The number of rotatable bonds is 2. The van der Waals surface area contributed by atoms with Gasteiger partial charge in [0.15, 0.2) is 0 Å². The van der Waals surface area contributed by atoms with Crippen molar-refractivity contribution < 1.29 is 9.90 Å². The van der Waals surface area contributed by atoms with Gasteiger partial charge in [-0.1, -0.05) is 25.3 Å². The Kier molecular flexibility index (Phi) is 3.24. The quantitative estimate of drug-likeness (QED) is 0.866. The van der Waals surface area contributed by atoms with Crippen LogP contribution in [0.2, 0.25) is 0 Å². The monoisotopic (exact) mass is 297 g/mol. The first-order chi connectivity index (χ1) is 10.7. The number of carboxylic acids is 1. The molecule has 0 atom stereocenters. The average Bonchev–Trinajstić information content (AvgIpc) is 2.93. The topological polar surface area (TPSA) is 53.1 Å². The highest BCUT2D eigenvalue weighted by Gasteiger charge is 2.41. The Balaban J connectivity index is 1.86. The molecule has 2 aliphatic rings. The molecule has 22 heavy (non-hydrogen) atoms. The van der Waals surface area contributed by atoms with Gasteiger partial charge in [0.2, 0.25) is 0 Å². The van der Waals surface area contributed by atoms with Gasteiger partial charge >= 0.3 is 5.97 Å². The Hall–Kier alpha value is -1.77. The highest BCUT2D eigenvalue weighted by molar-refractivity contribution is 5.89. The van der Waals surface area contributed by atoms with E-state index in [9.17, 15) is 9.90 Å². The molecule has 4 rings (SSSR count). The van der Waals surface area contributed by atoms with E-state index >= 15 is 0 Å². The number of aliphatic carboxylic acids is 1. The van der Waals surface area contributed by atoms with Crippen LogP contribution in [0.15, 0.2) is 18.2 Å². The van der Waals surface area contributed by atoms with Crippen LogP contribution < -0.4 is 0 Å². The number of H-pyrrole nitrogens is 1. The fourth-order valence-electron chi connectivity index (χ4n) is 4.49. The van der Waals surface area contributed by atoms with E-state index in [-0.39, 0.29) is 0 Å². The highest BCUT2D eigenvalue weighted by Crippen LogP contribution is 2.41. The number of nitrogens with one attached hydrogen (secondary N) is 1. The van der Waals surface area contributed by atoms with Gasteiger partial charge in [0.25, 0.3) is 0 Å². The first-order valence-corrected chi connectivity index (χ1v) is 8.58. The van der Waals surface area contributed by atoms with Crippen molar-refractivity contribution in [2.75, 3.05) is 0 Å². The van der Waals surface area contributed by atoms with E-state index in [0.717, 1.165) is 50.5 Å². The maximum absolute atomic E-state index is 12.0. The molecule has 0 bridgehead atoms. The van der Waals surface area contributed by atoms with Crippen molar-refractivity contribution in [3.63, 3.8) is 0 Å². The van der Waals surface area contributed by atoms with Crippen LogP contribution in [-0.4, -0.2) is 16.1 Å². The Labute approximate surface area is 130 Å². The second-order valence-electron chi connectivity index (χ2n) is 7.00. The van der Waals surface area contributed by atoms with Crippen LogP contribution in [0.1, 0.15) is 61.8 Å². The van der Waals surface area contributed by atoms with E-state index in [4.69, 9.17) is 0 Å². The number of hydrogen-bond donors (Lipinski definition) is 2. The average molecular weight is 297 g/mol. The summed E-state index contributed by atoms with van der Waals surface area (Å²) in [6.07, 6.45) is 9.52. The Morgan fingerprint density at radius 1 is 1.05 bits per heavy atom. The Morgan fingerprint density at radius 3 is 2.59 bits per heavy atom. The number of hydrogen-bond acceptors (Lipinski definition) is 1. The molecule has 0 radical (unpaired) electrons. The molecule has 0 aliphatic heterocycles. The third kappa shape index (κ3) is 1.98. The summed E-state index contributed by atoms with van der Waals surface area (Å²) in [4.78, 5) is 15.6. The lowest BCUT2D eigenvalue weighted by molar-refractivity contribution is -0.145. The minimum Gasteiger partial charge on any atom is -0.481 e. The van der Waals surface area contributed by atoms with Gasteiger partial charge < -0.3 is 10.1 Å². The van der Waals surface area contributed by atoms with Crippen molar-refractivity contribution >= 4 is 16.9 Å². The molecule has 1 fully saturated rings. The normalized spacial score (nSPS) is 20.7. The van der Waals surface area contributed by atoms with Gasteiger partial charge in [-0.2, -0.15) is 0 Å². The van der Waals surface area contributed by atoms with Gasteiger partial charge in [-0.15, -0.1) is 0 Å². The molecular formula is C19H23NO2. The minimum atomic E-state index is -0.661. The zero-order valence-corrected chi connectivity index (χ0v) is 13.0. The third-order valence-corrected chi connectivity index (χ3v) is 5.77. The molecule has 116 valence electrons. The van der Waals surface area contributed by atoms with Crippen LogP contribution in [-0.2, 0) is 23.1 Å². The largest absolute Gasteiger partial charge is 0.481 e. The van der Waals surface area contributed by atoms with Crippen molar-refractivity contribution in [3.8, 4) is 0 Å². The first-order valence-electron chi connectivity index (χ1n) is 8.58. The van der Waals surface area contributed by atoms with Crippen LogP contribution in [0.3, 0.4) is 0 Å². The third-order valence-electron chi connectivity index (χ3n) is 5.77. The molecule has 1 aromatic carbocycles. The summed E-state index contributed by atoms with van der Waals surface area (Å²) in [5.74, 6) is -0.643. The van der Waals surface area contributed by atoms with Crippen molar-refractivity contribution in [1.29, 1.82) is 0 Å². The van der Waals surface area contributed by atoms with Crippen molar-refractivity contribution in [1.82, 2.24) is 4.98 Å². The lowest BCUT2D eigenvalue weighted by Gasteiger charge is -2.33. The van der Waals surface area contributed by atoms with Crippen LogP contribution in [0.5, 0.6) is 0 Å². The molecule has 0 unspecified atom stereocenters. The molecule has 0 saturated heterocycles. The van der Waals surface area contributed by atoms with Gasteiger partial charge in [0.1, 0.15) is 0 Å². The summed E-state index contributed by atoms with van der Waals surface area (Å²) < 4.78 is 0. The van der Waals surface area contributed by atoms with E-state index in [1.54, 1.807) is 0 Å². The summed E-state index contributed by atoms with van der Waals surface area (Å²) in [5.41, 5.74) is 4.32. The van der Waals surface area contributed by atoms with Gasteiger partial charge in [0.05, 0.1) is 5.41 Å². The zero-order valence-electron chi connectivity index (χ0n) is 13.0. The minimum absolute atomic E-state index is 0.643. The molecule has 1 aromatic heterocycles. The molecule has 2 N–H and O–H groups in total. The fourth-order valence-corrected chi connectivity index (χ4v) is 4.49. The predicted octanol–water partition coefficient (Wildman–Crippen LogP) is 4.33. The van der Waals surface area contributed by atoms with Crippen molar-refractivity contribution in [3.05, 3.63) is 35.0 Å². The highest BCUT2D eigenvalue weighted by atomic mass is 16.4. The number of carboxylic acid groups (broad SMARTS) is 1. The molecule has 0 amide bonds. The smallest absolute Gasteiger partial charge is 0.314 e. The molecule has 0 spiro atoms. The van der Waals surface area contributed by atoms with Crippen LogP contribution in [0, 0.1) is 0 Å². The van der Waals surface area contributed by atoms with E-state index in [2.05, 4.69) is 17.1 Å². The molecule has 1 heterocycles. The zero-order chi connectivity index (χ0) is 15.2. The van der Waals surface area contributed by atoms with Crippen LogP contribution in [0.4, 0.5) is 0 Å². The van der Waals surface area contributed by atoms with E-state index in [1.807, 2.05) is 6.07 Å². The molecule has 1 saturated carbocycles. The summed E-state index contributed by atoms with van der Waals surface area (Å²) in [6.45, 7) is 0. The number of aromatic nitrogens is 1. The fraction of sp³-hybridized carbons (Fsp3) is 0.526. The molecule has 3 heteroatoms. The Bertz CT molecular complexity index is 722. The second-order valence-corrected chi connectivity index (χ2v) is 7.00. The summed E-state index contributed by atoms with van der Waals surface area (Å²) in [6, 6.07) is 6.32. The molecule has 3 nitrogen and oxygen atoms in total. The van der Waals surface area contributed by atoms with Crippen molar-refractivity contribution in [2.45, 2.75) is 63.2 Å². The van der Waals surface area contributed by atoms with E-state index < -0.39 is 11.4 Å². The predicted molar refractivity (Wildman–Crippen MR) is 87.3 cm³/mol. The number of aromatic amines is 1. The lowest BCUT2D eigenvalue weighted by Crippen LogP contribution is -2.37. The molecular weight excluding hydrogens is 274 g/mol. The van der Waals surface area contributed by atoms with Gasteiger partial charge in [0, 0.05) is 16.6 Å². The number of fused-ring (bicyclic) bond motifs is 3. The summed E-state index contributed by atoms with van der Waals surface area (Å²) in [5, 5.41) is 11.2. The summed E-state index contributed by atoms with van der Waals surface area (Å²) in [7, 11) is 0. The van der Waals surface area contributed by atoms with E-state index in [0.29, 0.717) is 0 Å². The number of benzene rings is 1. The Morgan fingerprint density at radius 2 is 1.82 bits per heavy atom. The molecule has 2 aromatic rings. The number of carbonyl (C=O) groups is 1. The maximum atomic E-state index is 12.0. The number of aryl methyl sites for hydroxylation is 2. The van der Waals surface area contributed by atoms with E-state index in [1.165, 1.54) is 35.0 Å². The second kappa shape index (κ2) is 5.15. The van der Waals surface area contributed by atoms with Crippen LogP contribution in [0.25, 0.3) is 10.9 Å². The SMILES string of the molecule is O=C(O)C1(c2ccc3[nH]c4c(c3c2)CCCC4)CCCCC1.